The van der Waals surface area contributed by atoms with Gasteiger partial charge in [-0.15, -0.1) is 0 Å². The third-order valence-electron chi connectivity index (χ3n) is 3.88. The van der Waals surface area contributed by atoms with Gasteiger partial charge in [-0.1, -0.05) is 11.2 Å². The summed E-state index contributed by atoms with van der Waals surface area (Å²) in [6.45, 7) is 6.05. The molecule has 1 aliphatic heterocycles. The van der Waals surface area contributed by atoms with Gasteiger partial charge in [-0.3, -0.25) is 9.88 Å². The number of nitrogens with zero attached hydrogens (tertiary/aromatic N) is 3. The van der Waals surface area contributed by atoms with Crippen molar-refractivity contribution in [3.05, 3.63) is 47.1 Å². The fourth-order valence-electron chi connectivity index (χ4n) is 3.01. The predicted octanol–water partition coefficient (Wildman–Crippen LogP) is 3.02. The van der Waals surface area contributed by atoms with Gasteiger partial charge in [0.1, 0.15) is 5.76 Å². The summed E-state index contributed by atoms with van der Waals surface area (Å²) in [4.78, 5) is 6.90. The molecular weight excluding hydrogens is 238 g/mol. The number of aromatic nitrogens is 2. The molecule has 0 radical (unpaired) electrons. The van der Waals surface area contributed by atoms with Crippen molar-refractivity contribution in [2.24, 2.45) is 0 Å². The van der Waals surface area contributed by atoms with Gasteiger partial charge in [0, 0.05) is 24.3 Å². The second-order valence-corrected chi connectivity index (χ2v) is 5.19. The third kappa shape index (κ3) is 2.40. The second-order valence-electron chi connectivity index (χ2n) is 5.19. The number of likely N-dealkylation sites (tertiary alicyclic amines) is 1. The van der Waals surface area contributed by atoms with Crippen LogP contribution in [-0.4, -0.2) is 21.6 Å². The number of aryl methyl sites for hydroxylation is 2. The molecule has 2 aromatic rings. The minimum Gasteiger partial charge on any atom is -0.361 e. The molecule has 0 aliphatic carbocycles. The Morgan fingerprint density at radius 1 is 1.37 bits per heavy atom. The molecule has 2 aromatic heterocycles. The lowest BCUT2D eigenvalue weighted by Crippen LogP contribution is -2.23. The highest BCUT2D eigenvalue weighted by atomic mass is 16.5. The van der Waals surface area contributed by atoms with Gasteiger partial charge in [0.25, 0.3) is 0 Å². The molecule has 3 rings (SSSR count). The maximum Gasteiger partial charge on any atom is 0.138 e. The molecule has 3 heterocycles. The van der Waals surface area contributed by atoms with E-state index in [4.69, 9.17) is 4.52 Å². The Balaban J connectivity index is 1.82. The van der Waals surface area contributed by atoms with Crippen molar-refractivity contribution in [2.45, 2.75) is 39.3 Å². The van der Waals surface area contributed by atoms with Crippen molar-refractivity contribution in [1.82, 2.24) is 15.0 Å². The lowest BCUT2D eigenvalue weighted by Gasteiger charge is -2.24. The van der Waals surface area contributed by atoms with Crippen molar-refractivity contribution in [1.29, 1.82) is 0 Å². The van der Waals surface area contributed by atoms with E-state index in [1.54, 1.807) is 0 Å². The fraction of sp³-hybridized carbons (Fsp3) is 0.467. The zero-order valence-electron chi connectivity index (χ0n) is 11.5. The average molecular weight is 257 g/mol. The smallest absolute Gasteiger partial charge is 0.138 e. The normalized spacial score (nSPS) is 20.0. The maximum atomic E-state index is 5.31. The van der Waals surface area contributed by atoms with Crippen molar-refractivity contribution >= 4 is 0 Å². The largest absolute Gasteiger partial charge is 0.361 e. The van der Waals surface area contributed by atoms with Crippen LogP contribution in [0.25, 0.3) is 0 Å². The predicted molar refractivity (Wildman–Crippen MR) is 72.6 cm³/mol. The van der Waals surface area contributed by atoms with Crippen LogP contribution in [0.5, 0.6) is 0 Å². The van der Waals surface area contributed by atoms with E-state index in [-0.39, 0.29) is 0 Å². The molecular formula is C15H19N3O. The van der Waals surface area contributed by atoms with Gasteiger partial charge in [-0.25, -0.2) is 0 Å². The topological polar surface area (TPSA) is 42.2 Å². The first-order valence-corrected chi connectivity index (χ1v) is 6.82. The van der Waals surface area contributed by atoms with Gasteiger partial charge in [0.2, 0.25) is 0 Å². The summed E-state index contributed by atoms with van der Waals surface area (Å²) in [5.74, 6) is 0.954. The molecule has 1 saturated heterocycles. The molecule has 1 aliphatic rings. The molecule has 0 aromatic carbocycles. The van der Waals surface area contributed by atoms with E-state index in [9.17, 15) is 0 Å². The average Bonchev–Trinajstić information content (AvgIpc) is 2.98. The van der Waals surface area contributed by atoms with Crippen LogP contribution in [0.3, 0.4) is 0 Å². The SMILES string of the molecule is Cc1noc(C)c1[C@H]1CCCN1Cc1ccccn1. The van der Waals surface area contributed by atoms with Crippen LogP contribution in [0.1, 0.15) is 41.6 Å². The Kier molecular flexibility index (Phi) is 3.34. The van der Waals surface area contributed by atoms with Gasteiger partial charge >= 0.3 is 0 Å². The molecule has 19 heavy (non-hydrogen) atoms. The maximum absolute atomic E-state index is 5.31. The standard InChI is InChI=1S/C15H19N3O/c1-11-15(12(2)19-17-11)14-7-5-9-18(14)10-13-6-3-4-8-16-13/h3-4,6,8,14H,5,7,9-10H2,1-2H3/t14-/m1/s1. The van der Waals surface area contributed by atoms with Crippen LogP contribution in [0.15, 0.2) is 28.9 Å². The number of hydrogen-bond acceptors (Lipinski definition) is 4. The first-order valence-electron chi connectivity index (χ1n) is 6.82. The Bertz CT molecular complexity index is 530. The van der Waals surface area contributed by atoms with E-state index in [0.29, 0.717) is 6.04 Å². The molecule has 0 spiro atoms. The molecule has 4 nitrogen and oxygen atoms in total. The van der Waals surface area contributed by atoms with Gasteiger partial charge < -0.3 is 4.52 Å². The van der Waals surface area contributed by atoms with Crippen LogP contribution < -0.4 is 0 Å². The van der Waals surface area contributed by atoms with Crippen LogP contribution in [-0.2, 0) is 6.54 Å². The van der Waals surface area contributed by atoms with Crippen molar-refractivity contribution in [2.75, 3.05) is 6.54 Å². The van der Waals surface area contributed by atoms with E-state index in [2.05, 4.69) is 21.1 Å². The molecule has 0 saturated carbocycles. The summed E-state index contributed by atoms with van der Waals surface area (Å²) in [5.41, 5.74) is 3.42. The van der Waals surface area contributed by atoms with Crippen LogP contribution in [0.2, 0.25) is 0 Å². The van der Waals surface area contributed by atoms with Crippen molar-refractivity contribution < 1.29 is 4.52 Å². The second kappa shape index (κ2) is 5.13. The molecule has 0 unspecified atom stereocenters. The minimum atomic E-state index is 0.424. The highest BCUT2D eigenvalue weighted by Crippen LogP contribution is 2.36. The van der Waals surface area contributed by atoms with E-state index in [1.165, 1.54) is 18.4 Å². The first-order chi connectivity index (χ1) is 9.25. The van der Waals surface area contributed by atoms with E-state index in [0.717, 1.165) is 30.2 Å². The van der Waals surface area contributed by atoms with Gasteiger partial charge in [-0.2, -0.15) is 0 Å². The zero-order valence-corrected chi connectivity index (χ0v) is 11.5. The number of pyridine rings is 1. The molecule has 1 atom stereocenters. The van der Waals surface area contributed by atoms with Gasteiger partial charge in [-0.05, 0) is 45.4 Å². The molecule has 1 fully saturated rings. The summed E-state index contributed by atoms with van der Waals surface area (Å²) >= 11 is 0. The molecule has 0 bridgehead atoms. The van der Waals surface area contributed by atoms with Crippen LogP contribution in [0.4, 0.5) is 0 Å². The minimum absolute atomic E-state index is 0.424. The molecule has 4 heteroatoms. The molecule has 0 amide bonds. The monoisotopic (exact) mass is 257 g/mol. The summed E-state index contributed by atoms with van der Waals surface area (Å²) in [5, 5.41) is 4.08. The Morgan fingerprint density at radius 2 is 2.26 bits per heavy atom. The quantitative estimate of drug-likeness (QED) is 0.847. The van der Waals surface area contributed by atoms with Gasteiger partial charge in [0.05, 0.1) is 11.4 Å². The molecule has 0 N–H and O–H groups in total. The van der Waals surface area contributed by atoms with Crippen LogP contribution in [0, 0.1) is 13.8 Å². The van der Waals surface area contributed by atoms with Gasteiger partial charge in [0.15, 0.2) is 0 Å². The first kappa shape index (κ1) is 12.4. The van der Waals surface area contributed by atoms with E-state index < -0.39 is 0 Å². The Morgan fingerprint density at radius 3 is 2.95 bits per heavy atom. The number of hydrogen-bond donors (Lipinski definition) is 0. The summed E-state index contributed by atoms with van der Waals surface area (Å²) in [7, 11) is 0. The molecule has 100 valence electrons. The Labute approximate surface area is 113 Å². The summed E-state index contributed by atoms with van der Waals surface area (Å²) in [6, 6.07) is 6.51. The Hall–Kier alpha value is -1.68. The lowest BCUT2D eigenvalue weighted by atomic mass is 10.0. The highest BCUT2D eigenvalue weighted by molar-refractivity contribution is 5.26. The zero-order chi connectivity index (χ0) is 13.2. The number of rotatable bonds is 3. The lowest BCUT2D eigenvalue weighted by molar-refractivity contribution is 0.243. The van der Waals surface area contributed by atoms with E-state index >= 15 is 0 Å². The third-order valence-corrected chi connectivity index (χ3v) is 3.88. The van der Waals surface area contributed by atoms with E-state index in [1.807, 2.05) is 32.2 Å². The van der Waals surface area contributed by atoms with Crippen molar-refractivity contribution in [3.8, 4) is 0 Å². The van der Waals surface area contributed by atoms with Crippen molar-refractivity contribution in [3.63, 3.8) is 0 Å². The fourth-order valence-corrected chi connectivity index (χ4v) is 3.01. The summed E-state index contributed by atoms with van der Waals surface area (Å²) in [6.07, 6.45) is 4.26. The summed E-state index contributed by atoms with van der Waals surface area (Å²) < 4.78 is 5.31. The highest BCUT2D eigenvalue weighted by Gasteiger charge is 2.30. The van der Waals surface area contributed by atoms with Crippen LogP contribution >= 0.6 is 0 Å².